The minimum Gasteiger partial charge on any atom is -0.395 e. The third kappa shape index (κ3) is 3.48. The van der Waals surface area contributed by atoms with E-state index >= 15 is 0 Å². The van der Waals surface area contributed by atoms with Gasteiger partial charge < -0.3 is 10.0 Å². The van der Waals surface area contributed by atoms with Crippen LogP contribution in [0.1, 0.15) is 40.0 Å². The predicted molar refractivity (Wildman–Crippen MR) is 65.0 cm³/mol. The largest absolute Gasteiger partial charge is 0.395 e. The second-order valence-electron chi connectivity index (χ2n) is 6.09. The Bertz CT molecular complexity index is 250. The molecular formula is C13H25NO2. The number of amides is 1. The molecule has 0 spiro atoms. The van der Waals surface area contributed by atoms with E-state index in [4.69, 9.17) is 5.11 Å². The van der Waals surface area contributed by atoms with E-state index in [1.165, 1.54) is 6.42 Å². The zero-order valence-corrected chi connectivity index (χ0v) is 11.0. The van der Waals surface area contributed by atoms with Gasteiger partial charge in [-0.25, -0.2) is 0 Å². The Hall–Kier alpha value is -0.570. The smallest absolute Gasteiger partial charge is 0.225 e. The van der Waals surface area contributed by atoms with Crippen molar-refractivity contribution in [3.63, 3.8) is 0 Å². The molecule has 0 aliphatic heterocycles. The third-order valence-corrected chi connectivity index (χ3v) is 3.55. The van der Waals surface area contributed by atoms with E-state index in [0.717, 1.165) is 12.8 Å². The molecule has 1 aliphatic rings. The number of nitrogens with zero attached hydrogens (tertiary/aromatic N) is 1. The average molecular weight is 227 g/mol. The first-order valence-electron chi connectivity index (χ1n) is 6.21. The van der Waals surface area contributed by atoms with Gasteiger partial charge in [0.25, 0.3) is 0 Å². The van der Waals surface area contributed by atoms with Gasteiger partial charge in [-0.1, -0.05) is 20.8 Å². The molecule has 0 aromatic heterocycles. The van der Waals surface area contributed by atoms with Crippen LogP contribution in [0.5, 0.6) is 0 Å². The van der Waals surface area contributed by atoms with Gasteiger partial charge >= 0.3 is 0 Å². The lowest BCUT2D eigenvalue weighted by Crippen LogP contribution is -2.40. The maximum atomic E-state index is 12.1. The molecule has 0 saturated heterocycles. The van der Waals surface area contributed by atoms with Crippen molar-refractivity contribution in [2.24, 2.45) is 17.3 Å². The van der Waals surface area contributed by atoms with E-state index in [0.29, 0.717) is 12.5 Å². The van der Waals surface area contributed by atoms with Crippen molar-refractivity contribution in [1.29, 1.82) is 0 Å². The van der Waals surface area contributed by atoms with Crippen molar-refractivity contribution in [3.05, 3.63) is 0 Å². The topological polar surface area (TPSA) is 40.5 Å². The van der Waals surface area contributed by atoms with Crippen molar-refractivity contribution in [1.82, 2.24) is 4.90 Å². The van der Waals surface area contributed by atoms with Crippen LogP contribution in [0.15, 0.2) is 0 Å². The van der Waals surface area contributed by atoms with Crippen molar-refractivity contribution in [2.75, 3.05) is 20.2 Å². The number of carbonyl (C=O) groups excluding carboxylic acids is 1. The van der Waals surface area contributed by atoms with Gasteiger partial charge in [0.05, 0.1) is 6.61 Å². The fourth-order valence-electron chi connectivity index (χ4n) is 3.11. The number of carbonyl (C=O) groups is 1. The summed E-state index contributed by atoms with van der Waals surface area (Å²) >= 11 is 0. The summed E-state index contributed by atoms with van der Waals surface area (Å²) in [7, 11) is 1.78. The number of rotatable bonds is 3. The average Bonchev–Trinajstić information content (AvgIpc) is 2.13. The normalized spacial score (nSPS) is 28.8. The molecule has 0 radical (unpaired) electrons. The SMILES string of the molecule is CC1CC(C(=O)N(C)CCO)CC(C)(C)C1. The van der Waals surface area contributed by atoms with Crippen molar-refractivity contribution >= 4 is 5.91 Å². The highest BCUT2D eigenvalue weighted by atomic mass is 16.3. The highest BCUT2D eigenvalue weighted by molar-refractivity contribution is 5.78. The fourth-order valence-corrected chi connectivity index (χ4v) is 3.11. The van der Waals surface area contributed by atoms with Crippen LogP contribution in [0.4, 0.5) is 0 Å². The molecule has 1 N–H and O–H groups in total. The quantitative estimate of drug-likeness (QED) is 0.800. The Morgan fingerprint density at radius 2 is 2.06 bits per heavy atom. The number of likely N-dealkylation sites (N-methyl/N-ethyl adjacent to an activating group) is 1. The summed E-state index contributed by atoms with van der Waals surface area (Å²) in [6, 6.07) is 0. The number of hydrogen-bond acceptors (Lipinski definition) is 2. The Kier molecular flexibility index (Phi) is 4.36. The van der Waals surface area contributed by atoms with Crippen LogP contribution < -0.4 is 0 Å². The Morgan fingerprint density at radius 1 is 1.44 bits per heavy atom. The molecule has 1 fully saturated rings. The van der Waals surface area contributed by atoms with E-state index in [1.54, 1.807) is 11.9 Å². The zero-order valence-electron chi connectivity index (χ0n) is 11.0. The maximum absolute atomic E-state index is 12.1. The number of aliphatic hydroxyl groups is 1. The van der Waals surface area contributed by atoms with E-state index < -0.39 is 0 Å². The summed E-state index contributed by atoms with van der Waals surface area (Å²) in [4.78, 5) is 13.8. The summed E-state index contributed by atoms with van der Waals surface area (Å²) < 4.78 is 0. The first kappa shape index (κ1) is 13.5. The minimum atomic E-state index is 0.0495. The van der Waals surface area contributed by atoms with Crippen LogP contribution in [0.25, 0.3) is 0 Å². The monoisotopic (exact) mass is 227 g/mol. The molecule has 0 bridgehead atoms. The summed E-state index contributed by atoms with van der Waals surface area (Å²) in [5.74, 6) is 0.976. The van der Waals surface area contributed by atoms with Crippen molar-refractivity contribution in [2.45, 2.75) is 40.0 Å². The molecule has 0 aromatic carbocycles. The fraction of sp³-hybridized carbons (Fsp3) is 0.923. The molecule has 94 valence electrons. The molecule has 1 rings (SSSR count). The van der Waals surface area contributed by atoms with E-state index in [1.807, 2.05) is 0 Å². The second kappa shape index (κ2) is 5.17. The molecule has 2 unspecified atom stereocenters. The molecule has 0 aromatic rings. The molecule has 1 aliphatic carbocycles. The van der Waals surface area contributed by atoms with Gasteiger partial charge in [-0.15, -0.1) is 0 Å². The van der Waals surface area contributed by atoms with E-state index in [2.05, 4.69) is 20.8 Å². The van der Waals surface area contributed by atoms with Crippen LogP contribution in [-0.4, -0.2) is 36.1 Å². The van der Waals surface area contributed by atoms with Gasteiger partial charge in [-0.3, -0.25) is 4.79 Å². The van der Waals surface area contributed by atoms with Crippen LogP contribution >= 0.6 is 0 Å². The van der Waals surface area contributed by atoms with Gasteiger partial charge in [0.1, 0.15) is 0 Å². The van der Waals surface area contributed by atoms with Crippen LogP contribution in [-0.2, 0) is 4.79 Å². The van der Waals surface area contributed by atoms with Gasteiger partial charge in [-0.05, 0) is 30.6 Å². The summed E-state index contributed by atoms with van der Waals surface area (Å²) in [6.45, 7) is 7.22. The van der Waals surface area contributed by atoms with Gasteiger partial charge in [0.15, 0.2) is 0 Å². The lowest BCUT2D eigenvalue weighted by Gasteiger charge is -2.39. The Morgan fingerprint density at radius 3 is 2.56 bits per heavy atom. The first-order valence-corrected chi connectivity index (χ1v) is 6.21. The van der Waals surface area contributed by atoms with Crippen molar-refractivity contribution in [3.8, 4) is 0 Å². The lowest BCUT2D eigenvalue weighted by molar-refractivity contribution is -0.137. The zero-order chi connectivity index (χ0) is 12.3. The molecule has 2 atom stereocenters. The standard InChI is InChI=1S/C13H25NO2/c1-10-7-11(9-13(2,3)8-10)12(16)14(4)5-6-15/h10-11,15H,5-9H2,1-4H3. The van der Waals surface area contributed by atoms with Gasteiger partial charge in [0.2, 0.25) is 5.91 Å². The van der Waals surface area contributed by atoms with E-state index in [-0.39, 0.29) is 23.8 Å². The molecule has 1 saturated carbocycles. The number of hydrogen-bond donors (Lipinski definition) is 1. The Labute approximate surface area is 98.8 Å². The molecule has 1 amide bonds. The van der Waals surface area contributed by atoms with Crippen molar-refractivity contribution < 1.29 is 9.90 Å². The minimum absolute atomic E-state index is 0.0495. The number of aliphatic hydroxyl groups excluding tert-OH is 1. The van der Waals surface area contributed by atoms with E-state index in [9.17, 15) is 4.79 Å². The molecular weight excluding hydrogens is 202 g/mol. The molecule has 0 heterocycles. The molecule has 16 heavy (non-hydrogen) atoms. The maximum Gasteiger partial charge on any atom is 0.225 e. The first-order chi connectivity index (χ1) is 7.35. The summed E-state index contributed by atoms with van der Waals surface area (Å²) in [6.07, 6.45) is 3.18. The second-order valence-corrected chi connectivity index (χ2v) is 6.09. The van der Waals surface area contributed by atoms with Gasteiger partial charge in [-0.2, -0.15) is 0 Å². The third-order valence-electron chi connectivity index (χ3n) is 3.55. The molecule has 3 heteroatoms. The predicted octanol–water partition coefficient (Wildman–Crippen LogP) is 1.90. The van der Waals surface area contributed by atoms with Crippen LogP contribution in [0.3, 0.4) is 0 Å². The van der Waals surface area contributed by atoms with Crippen LogP contribution in [0, 0.1) is 17.3 Å². The molecule has 3 nitrogen and oxygen atoms in total. The lowest BCUT2D eigenvalue weighted by atomic mass is 9.68. The highest BCUT2D eigenvalue weighted by Gasteiger charge is 2.36. The Balaban J connectivity index is 2.62. The highest BCUT2D eigenvalue weighted by Crippen LogP contribution is 2.42. The van der Waals surface area contributed by atoms with Gasteiger partial charge in [0, 0.05) is 19.5 Å². The van der Waals surface area contributed by atoms with Crippen LogP contribution in [0.2, 0.25) is 0 Å². The summed E-state index contributed by atoms with van der Waals surface area (Å²) in [5, 5.41) is 8.84. The summed E-state index contributed by atoms with van der Waals surface area (Å²) in [5.41, 5.74) is 0.276.